The SMILES string of the molecule is O=C(CCc1nc(-c2ccccn2)no1)OCC1CC=CCC1. The Balaban J connectivity index is 1.44. The van der Waals surface area contributed by atoms with Gasteiger partial charge < -0.3 is 9.26 Å². The maximum Gasteiger partial charge on any atom is 0.306 e. The second kappa shape index (κ2) is 7.67. The molecule has 0 saturated heterocycles. The zero-order chi connectivity index (χ0) is 15.9. The number of rotatable bonds is 6. The van der Waals surface area contributed by atoms with Gasteiger partial charge in [-0.05, 0) is 37.3 Å². The first kappa shape index (κ1) is 15.4. The van der Waals surface area contributed by atoms with Crippen LogP contribution in [0.5, 0.6) is 0 Å². The van der Waals surface area contributed by atoms with Gasteiger partial charge in [0, 0.05) is 12.6 Å². The molecule has 2 heterocycles. The Labute approximate surface area is 134 Å². The van der Waals surface area contributed by atoms with Gasteiger partial charge in [0.2, 0.25) is 11.7 Å². The average Bonchev–Trinajstić information content (AvgIpc) is 3.09. The fourth-order valence-electron chi connectivity index (χ4n) is 2.46. The summed E-state index contributed by atoms with van der Waals surface area (Å²) >= 11 is 0. The second-order valence-electron chi connectivity index (χ2n) is 5.56. The molecule has 0 bridgehead atoms. The molecular weight excluding hydrogens is 294 g/mol. The minimum atomic E-state index is -0.225. The summed E-state index contributed by atoms with van der Waals surface area (Å²) in [6.45, 7) is 0.492. The Morgan fingerprint density at radius 1 is 1.35 bits per heavy atom. The smallest absolute Gasteiger partial charge is 0.306 e. The third-order valence-electron chi connectivity index (χ3n) is 3.76. The van der Waals surface area contributed by atoms with E-state index in [0.29, 0.717) is 36.4 Å². The van der Waals surface area contributed by atoms with Crippen molar-refractivity contribution in [2.45, 2.75) is 32.1 Å². The van der Waals surface area contributed by atoms with Crippen molar-refractivity contribution in [3.63, 3.8) is 0 Å². The summed E-state index contributed by atoms with van der Waals surface area (Å²) in [5.41, 5.74) is 0.649. The number of nitrogens with zero attached hydrogens (tertiary/aromatic N) is 3. The van der Waals surface area contributed by atoms with E-state index in [-0.39, 0.29) is 12.4 Å². The van der Waals surface area contributed by atoms with Crippen molar-refractivity contribution in [1.29, 1.82) is 0 Å². The molecule has 120 valence electrons. The second-order valence-corrected chi connectivity index (χ2v) is 5.56. The van der Waals surface area contributed by atoms with Crippen LogP contribution in [0, 0.1) is 5.92 Å². The molecule has 0 aliphatic heterocycles. The first-order valence-corrected chi connectivity index (χ1v) is 7.86. The number of hydrogen-bond acceptors (Lipinski definition) is 6. The highest BCUT2D eigenvalue weighted by molar-refractivity contribution is 5.69. The number of ether oxygens (including phenoxy) is 1. The zero-order valence-electron chi connectivity index (χ0n) is 12.9. The number of aromatic nitrogens is 3. The summed E-state index contributed by atoms with van der Waals surface area (Å²) in [5.74, 6) is 1.08. The predicted molar refractivity (Wildman–Crippen MR) is 83.3 cm³/mol. The molecule has 0 radical (unpaired) electrons. The molecule has 0 amide bonds. The Morgan fingerprint density at radius 2 is 2.30 bits per heavy atom. The minimum absolute atomic E-state index is 0.225. The maximum atomic E-state index is 11.8. The number of hydrogen-bond donors (Lipinski definition) is 0. The molecule has 2 aromatic rings. The van der Waals surface area contributed by atoms with Crippen molar-refractivity contribution in [3.8, 4) is 11.5 Å². The summed E-state index contributed by atoms with van der Waals surface area (Å²) in [6.07, 6.45) is 9.76. The Morgan fingerprint density at radius 3 is 3.09 bits per heavy atom. The first-order chi connectivity index (χ1) is 11.3. The van der Waals surface area contributed by atoms with Gasteiger partial charge >= 0.3 is 5.97 Å². The van der Waals surface area contributed by atoms with Crippen LogP contribution in [0.2, 0.25) is 0 Å². The van der Waals surface area contributed by atoms with Crippen LogP contribution in [0.1, 0.15) is 31.6 Å². The predicted octanol–water partition coefficient (Wildman–Crippen LogP) is 2.96. The number of allylic oxidation sites excluding steroid dienone is 2. The van der Waals surface area contributed by atoms with E-state index >= 15 is 0 Å². The number of carbonyl (C=O) groups excluding carboxylic acids is 1. The molecule has 0 fully saturated rings. The molecule has 0 spiro atoms. The van der Waals surface area contributed by atoms with Gasteiger partial charge in [0.1, 0.15) is 5.69 Å². The Hall–Kier alpha value is -2.50. The fraction of sp³-hybridized carbons (Fsp3) is 0.412. The highest BCUT2D eigenvalue weighted by atomic mass is 16.5. The number of aryl methyl sites for hydroxylation is 1. The largest absolute Gasteiger partial charge is 0.465 e. The van der Waals surface area contributed by atoms with E-state index in [1.165, 1.54) is 0 Å². The quantitative estimate of drug-likeness (QED) is 0.602. The zero-order valence-corrected chi connectivity index (χ0v) is 12.9. The lowest BCUT2D eigenvalue weighted by atomic mass is 9.95. The van der Waals surface area contributed by atoms with Gasteiger partial charge in [0.25, 0.3) is 0 Å². The van der Waals surface area contributed by atoms with Crippen LogP contribution in [-0.4, -0.2) is 27.7 Å². The van der Waals surface area contributed by atoms with Gasteiger partial charge in [0.05, 0.1) is 13.0 Å². The third kappa shape index (κ3) is 4.48. The van der Waals surface area contributed by atoms with E-state index < -0.39 is 0 Å². The Kier molecular flexibility index (Phi) is 5.13. The normalized spacial score (nSPS) is 17.1. The lowest BCUT2D eigenvalue weighted by Crippen LogP contribution is -2.15. The van der Waals surface area contributed by atoms with Crippen molar-refractivity contribution in [2.24, 2.45) is 5.92 Å². The minimum Gasteiger partial charge on any atom is -0.465 e. The third-order valence-corrected chi connectivity index (χ3v) is 3.76. The monoisotopic (exact) mass is 313 g/mol. The summed E-state index contributed by atoms with van der Waals surface area (Å²) in [6, 6.07) is 5.49. The van der Waals surface area contributed by atoms with E-state index in [0.717, 1.165) is 19.3 Å². The molecule has 6 nitrogen and oxygen atoms in total. The van der Waals surface area contributed by atoms with Crippen molar-refractivity contribution in [2.75, 3.05) is 6.61 Å². The van der Waals surface area contributed by atoms with Gasteiger partial charge in [-0.1, -0.05) is 23.4 Å². The van der Waals surface area contributed by atoms with Gasteiger partial charge in [0.15, 0.2) is 0 Å². The lowest BCUT2D eigenvalue weighted by Gasteiger charge is -2.17. The van der Waals surface area contributed by atoms with Crippen LogP contribution in [0.15, 0.2) is 41.1 Å². The standard InChI is InChI=1S/C17H19N3O3/c21-16(22-12-13-6-2-1-3-7-13)10-9-15-19-17(20-23-15)14-8-4-5-11-18-14/h1-2,4-5,8,11,13H,3,6-7,9-10,12H2. The van der Waals surface area contributed by atoms with Crippen LogP contribution < -0.4 is 0 Å². The maximum absolute atomic E-state index is 11.8. The van der Waals surface area contributed by atoms with Crippen molar-refractivity contribution >= 4 is 5.97 Å². The van der Waals surface area contributed by atoms with Crippen molar-refractivity contribution in [1.82, 2.24) is 15.1 Å². The van der Waals surface area contributed by atoms with Crippen LogP contribution in [0.25, 0.3) is 11.5 Å². The van der Waals surface area contributed by atoms with Gasteiger partial charge in [-0.3, -0.25) is 9.78 Å². The molecule has 0 aromatic carbocycles. The van der Waals surface area contributed by atoms with Crippen LogP contribution >= 0.6 is 0 Å². The van der Waals surface area contributed by atoms with E-state index in [1.54, 1.807) is 6.20 Å². The Bertz CT molecular complexity index is 667. The van der Waals surface area contributed by atoms with E-state index in [4.69, 9.17) is 9.26 Å². The van der Waals surface area contributed by atoms with Gasteiger partial charge in [-0.25, -0.2) is 0 Å². The molecule has 1 unspecified atom stereocenters. The summed E-state index contributed by atoms with van der Waals surface area (Å²) < 4.78 is 10.5. The van der Waals surface area contributed by atoms with Crippen molar-refractivity contribution < 1.29 is 14.1 Å². The van der Waals surface area contributed by atoms with Crippen LogP contribution in [0.4, 0.5) is 0 Å². The van der Waals surface area contributed by atoms with Crippen LogP contribution in [0.3, 0.4) is 0 Å². The topological polar surface area (TPSA) is 78.1 Å². The van der Waals surface area contributed by atoms with Crippen LogP contribution in [-0.2, 0) is 16.0 Å². The van der Waals surface area contributed by atoms with Gasteiger partial charge in [-0.15, -0.1) is 0 Å². The molecule has 2 aromatic heterocycles. The lowest BCUT2D eigenvalue weighted by molar-refractivity contribution is -0.145. The first-order valence-electron chi connectivity index (χ1n) is 7.86. The fourth-order valence-corrected chi connectivity index (χ4v) is 2.46. The molecular formula is C17H19N3O3. The molecule has 0 N–H and O–H groups in total. The number of esters is 1. The highest BCUT2D eigenvalue weighted by Crippen LogP contribution is 2.18. The summed E-state index contributed by atoms with van der Waals surface area (Å²) in [4.78, 5) is 20.2. The summed E-state index contributed by atoms with van der Waals surface area (Å²) in [5, 5.41) is 3.88. The van der Waals surface area contributed by atoms with Gasteiger partial charge in [-0.2, -0.15) is 4.98 Å². The average molecular weight is 313 g/mol. The molecule has 23 heavy (non-hydrogen) atoms. The highest BCUT2D eigenvalue weighted by Gasteiger charge is 2.15. The molecule has 1 atom stereocenters. The van der Waals surface area contributed by atoms with Crippen molar-refractivity contribution in [3.05, 3.63) is 42.4 Å². The molecule has 1 aliphatic carbocycles. The van der Waals surface area contributed by atoms with E-state index in [1.807, 2.05) is 18.2 Å². The molecule has 0 saturated carbocycles. The summed E-state index contributed by atoms with van der Waals surface area (Å²) in [7, 11) is 0. The number of carbonyl (C=O) groups is 1. The van der Waals surface area contributed by atoms with E-state index in [2.05, 4.69) is 27.3 Å². The molecule has 1 aliphatic rings. The molecule has 6 heteroatoms. The molecule has 3 rings (SSSR count). The number of pyridine rings is 1. The van der Waals surface area contributed by atoms with E-state index in [9.17, 15) is 4.79 Å².